The number of hydrogen-bond donors (Lipinski definition) is 1. The maximum absolute atomic E-state index is 4.24. The predicted octanol–water partition coefficient (Wildman–Crippen LogP) is 5.78. The summed E-state index contributed by atoms with van der Waals surface area (Å²) < 4.78 is 0. The topological polar surface area (TPSA) is 12.0 Å². The number of nitrogens with one attached hydrogen (secondary N) is 1. The van der Waals surface area contributed by atoms with Crippen LogP contribution in [-0.4, -0.2) is 6.04 Å². The summed E-state index contributed by atoms with van der Waals surface area (Å²) >= 11 is 0. The summed E-state index contributed by atoms with van der Waals surface area (Å²) in [5.74, 6) is 0.630. The highest BCUT2D eigenvalue weighted by Gasteiger charge is 2.14. The lowest BCUT2D eigenvalue weighted by Crippen LogP contribution is -2.30. The Hall–Kier alpha value is -2.02. The molecule has 1 N–H and O–H groups in total. The second-order valence-electron chi connectivity index (χ2n) is 6.38. The van der Waals surface area contributed by atoms with Gasteiger partial charge in [-0.1, -0.05) is 75.9 Å². The quantitative estimate of drug-likeness (QED) is 0.638. The first-order valence-electron chi connectivity index (χ1n) is 8.13. The first-order valence-corrected chi connectivity index (χ1v) is 8.13. The minimum Gasteiger partial charge on any atom is -0.379 e. The van der Waals surface area contributed by atoms with Crippen LogP contribution in [0.15, 0.2) is 61.2 Å². The molecule has 22 heavy (non-hydrogen) atoms. The highest BCUT2D eigenvalue weighted by Crippen LogP contribution is 2.22. The summed E-state index contributed by atoms with van der Waals surface area (Å²) in [5, 5.41) is 6.09. The van der Waals surface area contributed by atoms with Crippen LogP contribution in [0.1, 0.15) is 39.2 Å². The summed E-state index contributed by atoms with van der Waals surface area (Å²) in [6.07, 6.45) is 2.08. The van der Waals surface area contributed by atoms with Gasteiger partial charge >= 0.3 is 0 Å². The fraction of sp³-hybridized carbons (Fsp3) is 0.333. The molecule has 1 atom stereocenters. The Morgan fingerprint density at radius 1 is 1.05 bits per heavy atom. The third-order valence-corrected chi connectivity index (χ3v) is 4.10. The van der Waals surface area contributed by atoms with Crippen LogP contribution in [0.5, 0.6) is 0 Å². The summed E-state index contributed by atoms with van der Waals surface area (Å²) in [7, 11) is 0. The normalized spacial score (nSPS) is 12.4. The Balaban J connectivity index is 2.19. The summed E-state index contributed by atoms with van der Waals surface area (Å²) in [6.45, 7) is 15.1. The van der Waals surface area contributed by atoms with Gasteiger partial charge in [0.1, 0.15) is 0 Å². The molecule has 0 fully saturated rings. The largest absolute Gasteiger partial charge is 0.379 e. The van der Waals surface area contributed by atoms with Gasteiger partial charge in [0.2, 0.25) is 0 Å². The van der Waals surface area contributed by atoms with Crippen molar-refractivity contribution in [2.45, 2.75) is 39.7 Å². The highest BCUT2D eigenvalue weighted by molar-refractivity contribution is 5.85. The zero-order chi connectivity index (χ0) is 16.1. The van der Waals surface area contributed by atoms with E-state index < -0.39 is 0 Å². The Morgan fingerprint density at radius 2 is 1.73 bits per heavy atom. The molecule has 116 valence electrons. The molecule has 2 aromatic rings. The van der Waals surface area contributed by atoms with Crippen molar-refractivity contribution < 1.29 is 0 Å². The second kappa shape index (κ2) is 7.31. The fourth-order valence-corrected chi connectivity index (χ4v) is 2.72. The summed E-state index contributed by atoms with van der Waals surface area (Å²) in [6, 6.07) is 15.2. The van der Waals surface area contributed by atoms with Crippen LogP contribution in [0.4, 0.5) is 0 Å². The molecule has 0 bridgehead atoms. The first kappa shape index (κ1) is 16.4. The molecule has 0 saturated carbocycles. The molecule has 2 aromatic carbocycles. The van der Waals surface area contributed by atoms with Gasteiger partial charge in [0.15, 0.2) is 0 Å². The molecule has 1 heteroatoms. The molecule has 0 radical (unpaired) electrons. The van der Waals surface area contributed by atoms with Gasteiger partial charge in [-0.25, -0.2) is 0 Å². The Morgan fingerprint density at radius 3 is 2.36 bits per heavy atom. The van der Waals surface area contributed by atoms with Gasteiger partial charge in [-0.15, -0.1) is 0 Å². The zero-order valence-corrected chi connectivity index (χ0v) is 14.0. The highest BCUT2D eigenvalue weighted by atomic mass is 14.9. The molecule has 0 amide bonds. The van der Waals surface area contributed by atoms with Gasteiger partial charge in [-0.2, -0.15) is 0 Å². The van der Waals surface area contributed by atoms with E-state index in [1.807, 2.05) is 0 Å². The molecular weight excluding hydrogens is 266 g/mol. The number of rotatable bonds is 7. The minimum absolute atomic E-state index is 0.295. The van der Waals surface area contributed by atoms with Crippen LogP contribution in [-0.2, 0) is 0 Å². The van der Waals surface area contributed by atoms with Crippen molar-refractivity contribution in [1.29, 1.82) is 0 Å². The molecule has 1 nitrogen and oxygen atoms in total. The molecule has 1 unspecified atom stereocenters. The van der Waals surface area contributed by atoms with E-state index in [4.69, 9.17) is 0 Å². The SMILES string of the molecule is C=C(NC(CC(C)C)C(=C)CC)c1ccc2ccccc2c1. The molecule has 0 aliphatic carbocycles. The number of fused-ring (bicyclic) bond motifs is 1. The average molecular weight is 293 g/mol. The van der Waals surface area contributed by atoms with E-state index in [-0.39, 0.29) is 0 Å². The molecule has 0 heterocycles. The third-order valence-electron chi connectivity index (χ3n) is 4.10. The van der Waals surface area contributed by atoms with Crippen LogP contribution in [0, 0.1) is 5.92 Å². The Labute approximate surface area is 134 Å². The van der Waals surface area contributed by atoms with Crippen molar-refractivity contribution in [2.75, 3.05) is 0 Å². The van der Waals surface area contributed by atoms with Gasteiger partial charge in [0.25, 0.3) is 0 Å². The van der Waals surface area contributed by atoms with Crippen LogP contribution in [0.2, 0.25) is 0 Å². The predicted molar refractivity (Wildman–Crippen MR) is 98.8 cm³/mol. The first-order chi connectivity index (χ1) is 10.5. The minimum atomic E-state index is 0.295. The van der Waals surface area contributed by atoms with E-state index in [1.165, 1.54) is 16.3 Å². The number of benzene rings is 2. The lowest BCUT2D eigenvalue weighted by atomic mass is 9.95. The maximum atomic E-state index is 4.24. The smallest absolute Gasteiger partial charge is 0.0473 e. The van der Waals surface area contributed by atoms with E-state index in [0.717, 1.165) is 24.1 Å². The maximum Gasteiger partial charge on any atom is 0.0473 e. The zero-order valence-electron chi connectivity index (χ0n) is 14.0. The van der Waals surface area contributed by atoms with Crippen molar-refractivity contribution in [3.63, 3.8) is 0 Å². The van der Waals surface area contributed by atoms with Crippen LogP contribution >= 0.6 is 0 Å². The van der Waals surface area contributed by atoms with Crippen molar-refractivity contribution in [3.05, 3.63) is 66.8 Å². The molecule has 0 saturated heterocycles. The van der Waals surface area contributed by atoms with E-state index in [2.05, 4.69) is 81.7 Å². The van der Waals surface area contributed by atoms with Gasteiger partial charge in [-0.05, 0) is 41.2 Å². The van der Waals surface area contributed by atoms with Gasteiger partial charge in [0.05, 0.1) is 0 Å². The second-order valence-corrected chi connectivity index (χ2v) is 6.38. The Kier molecular flexibility index (Phi) is 5.43. The van der Waals surface area contributed by atoms with Crippen LogP contribution < -0.4 is 5.32 Å². The Bertz CT molecular complexity index is 666. The van der Waals surface area contributed by atoms with E-state index in [1.54, 1.807) is 0 Å². The molecule has 0 aromatic heterocycles. The van der Waals surface area contributed by atoms with Crippen LogP contribution in [0.3, 0.4) is 0 Å². The van der Waals surface area contributed by atoms with Crippen molar-refractivity contribution in [2.24, 2.45) is 5.92 Å². The summed E-state index contributed by atoms with van der Waals surface area (Å²) in [4.78, 5) is 0. The third kappa shape index (κ3) is 4.00. The summed E-state index contributed by atoms with van der Waals surface area (Å²) in [5.41, 5.74) is 3.37. The molecule has 2 rings (SSSR count). The average Bonchev–Trinajstić information content (AvgIpc) is 2.52. The van der Waals surface area contributed by atoms with Crippen molar-refractivity contribution in [1.82, 2.24) is 5.32 Å². The van der Waals surface area contributed by atoms with Crippen LogP contribution in [0.25, 0.3) is 16.5 Å². The van der Waals surface area contributed by atoms with Crippen molar-refractivity contribution in [3.8, 4) is 0 Å². The fourth-order valence-electron chi connectivity index (χ4n) is 2.72. The van der Waals surface area contributed by atoms with E-state index in [0.29, 0.717) is 12.0 Å². The standard InChI is InChI=1S/C21H27N/c1-6-16(4)21(13-15(2)3)22-17(5)19-12-11-18-9-7-8-10-20(18)14-19/h7-12,14-15,21-22H,4-6,13H2,1-3H3. The lowest BCUT2D eigenvalue weighted by Gasteiger charge is -2.25. The molecular formula is C21H27N. The monoisotopic (exact) mass is 293 g/mol. The van der Waals surface area contributed by atoms with Gasteiger partial charge < -0.3 is 5.32 Å². The molecule has 0 aliphatic rings. The molecule has 0 spiro atoms. The molecule has 0 aliphatic heterocycles. The van der Waals surface area contributed by atoms with Crippen molar-refractivity contribution >= 4 is 16.5 Å². The van der Waals surface area contributed by atoms with E-state index >= 15 is 0 Å². The lowest BCUT2D eigenvalue weighted by molar-refractivity contribution is 0.495. The van der Waals surface area contributed by atoms with E-state index in [9.17, 15) is 0 Å². The number of hydrogen-bond acceptors (Lipinski definition) is 1. The van der Waals surface area contributed by atoms with Gasteiger partial charge in [-0.3, -0.25) is 0 Å². The van der Waals surface area contributed by atoms with Gasteiger partial charge in [0, 0.05) is 11.7 Å².